The number of aliphatic hydroxyl groups excluding tert-OH is 2. The summed E-state index contributed by atoms with van der Waals surface area (Å²) in [6.45, 7) is 1.25. The molecule has 0 aromatic carbocycles. The summed E-state index contributed by atoms with van der Waals surface area (Å²) in [5.74, 6) is 6.11. The van der Waals surface area contributed by atoms with Crippen LogP contribution in [0.5, 0.6) is 0 Å². The van der Waals surface area contributed by atoms with Crippen molar-refractivity contribution in [2.45, 2.75) is 12.5 Å². The Morgan fingerprint density at radius 1 is 1.33 bits per heavy atom. The highest BCUT2D eigenvalue weighted by atomic mass is 16.3. The van der Waals surface area contributed by atoms with Gasteiger partial charge >= 0.3 is 0 Å². The molecule has 84 valence electrons. The van der Waals surface area contributed by atoms with Crippen molar-refractivity contribution in [2.75, 3.05) is 24.0 Å². The van der Waals surface area contributed by atoms with Gasteiger partial charge in [-0.2, -0.15) is 0 Å². The Balaban J connectivity index is 2.79. The maximum atomic E-state index is 9.07. The minimum absolute atomic E-state index is 0.209. The Labute approximate surface area is 87.3 Å². The summed E-state index contributed by atoms with van der Waals surface area (Å²) in [5.41, 5.74) is 1.55. The highest BCUT2D eigenvalue weighted by Gasteiger charge is 2.22. The first kappa shape index (κ1) is 11.6. The molecule has 0 fully saturated rings. The first-order valence-electron chi connectivity index (χ1n) is 4.42. The molecule has 1 heterocycles. The molecule has 7 nitrogen and oxygen atoms in total. The fourth-order valence-corrected chi connectivity index (χ4v) is 0.943. The standard InChI is InChI=1S/C8H15N5O2/c1-8(3-14,4-15)12-6-2-7(13-9)11-5-10-6/h2,5,14-15H,3-4,9H2,1H3,(H2,10,11,12,13). The largest absolute Gasteiger partial charge is 0.394 e. The molecule has 0 saturated carbocycles. The van der Waals surface area contributed by atoms with E-state index in [9.17, 15) is 0 Å². The summed E-state index contributed by atoms with van der Waals surface area (Å²) >= 11 is 0. The third kappa shape index (κ3) is 3.01. The lowest BCUT2D eigenvalue weighted by atomic mass is 10.1. The van der Waals surface area contributed by atoms with Crippen LogP contribution in [-0.4, -0.2) is 38.9 Å². The highest BCUT2D eigenvalue weighted by Crippen LogP contribution is 2.13. The van der Waals surface area contributed by atoms with Gasteiger partial charge in [-0.1, -0.05) is 0 Å². The average Bonchev–Trinajstić information content (AvgIpc) is 2.29. The Morgan fingerprint density at radius 3 is 2.47 bits per heavy atom. The van der Waals surface area contributed by atoms with Crippen LogP contribution in [0.2, 0.25) is 0 Å². The van der Waals surface area contributed by atoms with Crippen LogP contribution >= 0.6 is 0 Å². The van der Waals surface area contributed by atoms with Crippen LogP contribution in [0.15, 0.2) is 12.4 Å². The molecule has 15 heavy (non-hydrogen) atoms. The summed E-state index contributed by atoms with van der Waals surface area (Å²) in [6, 6.07) is 1.57. The Bertz CT molecular complexity index is 316. The van der Waals surface area contributed by atoms with Gasteiger partial charge in [0.2, 0.25) is 0 Å². The predicted octanol–water partition coefficient (Wildman–Crippen LogP) is -1.08. The van der Waals surface area contributed by atoms with Gasteiger partial charge in [0.15, 0.2) is 0 Å². The van der Waals surface area contributed by atoms with E-state index in [0.717, 1.165) is 0 Å². The van der Waals surface area contributed by atoms with Crippen molar-refractivity contribution in [1.29, 1.82) is 0 Å². The van der Waals surface area contributed by atoms with Crippen LogP contribution in [0, 0.1) is 0 Å². The Morgan fingerprint density at radius 2 is 1.93 bits per heavy atom. The van der Waals surface area contributed by atoms with E-state index >= 15 is 0 Å². The van der Waals surface area contributed by atoms with Gasteiger partial charge in [0, 0.05) is 6.07 Å². The number of aromatic nitrogens is 2. The molecule has 0 radical (unpaired) electrons. The summed E-state index contributed by atoms with van der Waals surface area (Å²) in [6.07, 6.45) is 1.33. The molecule has 0 bridgehead atoms. The van der Waals surface area contributed by atoms with Crippen molar-refractivity contribution in [3.05, 3.63) is 12.4 Å². The van der Waals surface area contributed by atoms with Crippen LogP contribution in [0.1, 0.15) is 6.92 Å². The van der Waals surface area contributed by atoms with E-state index in [0.29, 0.717) is 11.6 Å². The fraction of sp³-hybridized carbons (Fsp3) is 0.500. The number of aliphatic hydroxyl groups is 2. The smallest absolute Gasteiger partial charge is 0.145 e. The van der Waals surface area contributed by atoms with E-state index < -0.39 is 5.54 Å². The van der Waals surface area contributed by atoms with Gasteiger partial charge < -0.3 is 21.0 Å². The quantitative estimate of drug-likeness (QED) is 0.312. The minimum atomic E-state index is -0.819. The number of nitrogens with zero attached hydrogens (tertiary/aromatic N) is 2. The van der Waals surface area contributed by atoms with Crippen LogP contribution in [0.3, 0.4) is 0 Å². The number of nitrogens with one attached hydrogen (secondary N) is 2. The molecule has 0 amide bonds. The summed E-state index contributed by atoms with van der Waals surface area (Å²) in [4.78, 5) is 7.76. The lowest BCUT2D eigenvalue weighted by molar-refractivity contribution is 0.147. The molecule has 0 spiro atoms. The van der Waals surface area contributed by atoms with Gasteiger partial charge in [0.05, 0.1) is 18.8 Å². The number of nitrogen functional groups attached to an aromatic ring is 1. The van der Waals surface area contributed by atoms with Gasteiger partial charge in [-0.05, 0) is 6.92 Å². The second-order valence-electron chi connectivity index (χ2n) is 3.43. The molecule has 0 unspecified atom stereocenters. The molecule has 0 aliphatic carbocycles. The second-order valence-corrected chi connectivity index (χ2v) is 3.43. The van der Waals surface area contributed by atoms with Crippen molar-refractivity contribution in [3.63, 3.8) is 0 Å². The van der Waals surface area contributed by atoms with Crippen LogP contribution in [-0.2, 0) is 0 Å². The Hall–Kier alpha value is -1.44. The number of anilines is 2. The number of nitrogens with two attached hydrogens (primary N) is 1. The van der Waals surface area contributed by atoms with Gasteiger partial charge in [-0.25, -0.2) is 15.8 Å². The molecule has 7 heteroatoms. The molecule has 0 aliphatic rings. The number of hydrazine groups is 1. The molecule has 1 aromatic rings. The van der Waals surface area contributed by atoms with Gasteiger partial charge in [-0.3, -0.25) is 0 Å². The maximum absolute atomic E-state index is 9.07. The maximum Gasteiger partial charge on any atom is 0.145 e. The molecule has 1 aromatic heterocycles. The zero-order valence-electron chi connectivity index (χ0n) is 8.44. The zero-order chi connectivity index (χ0) is 11.3. The topological polar surface area (TPSA) is 116 Å². The number of hydrogen-bond donors (Lipinski definition) is 5. The molecule has 1 rings (SSSR count). The van der Waals surface area contributed by atoms with Crippen molar-refractivity contribution in [1.82, 2.24) is 9.97 Å². The second kappa shape index (κ2) is 4.87. The predicted molar refractivity (Wildman–Crippen MR) is 56.0 cm³/mol. The zero-order valence-corrected chi connectivity index (χ0v) is 8.44. The highest BCUT2D eigenvalue weighted by molar-refractivity contribution is 5.47. The monoisotopic (exact) mass is 213 g/mol. The van der Waals surface area contributed by atoms with Crippen molar-refractivity contribution in [2.24, 2.45) is 5.84 Å². The van der Waals surface area contributed by atoms with Crippen LogP contribution < -0.4 is 16.6 Å². The van der Waals surface area contributed by atoms with Crippen molar-refractivity contribution < 1.29 is 10.2 Å². The van der Waals surface area contributed by atoms with E-state index in [2.05, 4.69) is 20.7 Å². The third-order valence-corrected chi connectivity index (χ3v) is 1.94. The SMILES string of the molecule is CC(CO)(CO)Nc1cc(NN)ncn1. The normalized spacial score (nSPS) is 11.2. The van der Waals surface area contributed by atoms with Crippen LogP contribution in [0.25, 0.3) is 0 Å². The lowest BCUT2D eigenvalue weighted by Gasteiger charge is -2.26. The molecule has 0 saturated heterocycles. The van der Waals surface area contributed by atoms with E-state index in [1.807, 2.05) is 0 Å². The van der Waals surface area contributed by atoms with E-state index in [1.54, 1.807) is 13.0 Å². The summed E-state index contributed by atoms with van der Waals surface area (Å²) in [7, 11) is 0. The first-order chi connectivity index (χ1) is 7.13. The van der Waals surface area contributed by atoms with Gasteiger partial charge in [0.25, 0.3) is 0 Å². The summed E-state index contributed by atoms with van der Waals surface area (Å²) in [5, 5.41) is 21.0. The average molecular weight is 213 g/mol. The molecule has 0 aliphatic heterocycles. The number of hydrogen-bond acceptors (Lipinski definition) is 7. The Kier molecular flexibility index (Phi) is 3.78. The van der Waals surface area contributed by atoms with Crippen molar-refractivity contribution in [3.8, 4) is 0 Å². The molecule has 6 N–H and O–H groups in total. The van der Waals surface area contributed by atoms with E-state index in [1.165, 1.54) is 6.33 Å². The minimum Gasteiger partial charge on any atom is -0.394 e. The van der Waals surface area contributed by atoms with Gasteiger partial charge in [-0.15, -0.1) is 0 Å². The fourth-order valence-electron chi connectivity index (χ4n) is 0.943. The van der Waals surface area contributed by atoms with Gasteiger partial charge in [0.1, 0.15) is 18.0 Å². The molecular weight excluding hydrogens is 198 g/mol. The number of rotatable bonds is 5. The molecule has 0 atom stereocenters. The molecular formula is C8H15N5O2. The summed E-state index contributed by atoms with van der Waals surface area (Å²) < 4.78 is 0. The third-order valence-electron chi connectivity index (χ3n) is 1.94. The lowest BCUT2D eigenvalue weighted by Crippen LogP contribution is -2.42. The van der Waals surface area contributed by atoms with E-state index in [-0.39, 0.29) is 13.2 Å². The van der Waals surface area contributed by atoms with Crippen molar-refractivity contribution >= 4 is 11.6 Å². The first-order valence-corrected chi connectivity index (χ1v) is 4.42. The van der Waals surface area contributed by atoms with Crippen LogP contribution in [0.4, 0.5) is 11.6 Å². The van der Waals surface area contributed by atoms with E-state index in [4.69, 9.17) is 16.1 Å².